The molecule has 0 aliphatic heterocycles. The second-order valence-electron chi connectivity index (χ2n) is 6.00. The van der Waals surface area contributed by atoms with Gasteiger partial charge in [-0.2, -0.15) is 0 Å². The average molecular weight is 305 g/mol. The summed E-state index contributed by atoms with van der Waals surface area (Å²) in [5.41, 5.74) is 7.62. The first-order chi connectivity index (χ1) is 11.0. The first-order valence-electron chi connectivity index (χ1n) is 7.57. The Morgan fingerprint density at radius 1 is 0.913 bits per heavy atom. The maximum absolute atomic E-state index is 11.4. The van der Waals surface area contributed by atoms with Crippen molar-refractivity contribution < 1.29 is 4.79 Å². The van der Waals surface area contributed by atoms with Crippen LogP contribution >= 0.6 is 0 Å². The maximum atomic E-state index is 11.4. The minimum Gasteiger partial charge on any atom is -0.296 e. The van der Waals surface area contributed by atoms with E-state index in [-0.39, 0.29) is 0 Å². The Hall–Kier alpha value is -2.75. The van der Waals surface area contributed by atoms with Crippen molar-refractivity contribution >= 4 is 6.29 Å². The van der Waals surface area contributed by atoms with Gasteiger partial charge in [-0.3, -0.25) is 4.79 Å². The molecule has 4 heteroatoms. The van der Waals surface area contributed by atoms with Crippen molar-refractivity contribution in [2.24, 2.45) is 0 Å². The molecule has 0 saturated carbocycles. The normalized spacial score (nSPS) is 10.8. The van der Waals surface area contributed by atoms with Gasteiger partial charge >= 0.3 is 0 Å². The number of aldehydes is 1. The molecule has 2 aromatic carbocycles. The second-order valence-corrected chi connectivity index (χ2v) is 6.00. The quantitative estimate of drug-likeness (QED) is 0.688. The lowest BCUT2D eigenvalue weighted by Gasteiger charge is -2.10. The maximum Gasteiger partial charge on any atom is 0.172 e. The van der Waals surface area contributed by atoms with Gasteiger partial charge in [-0.25, -0.2) is 4.68 Å². The Morgan fingerprint density at radius 3 is 2.22 bits per heavy atom. The molecule has 0 aliphatic rings. The van der Waals surface area contributed by atoms with Crippen LogP contribution in [-0.2, 0) is 0 Å². The van der Waals surface area contributed by atoms with E-state index in [4.69, 9.17) is 0 Å². The van der Waals surface area contributed by atoms with E-state index in [2.05, 4.69) is 42.4 Å². The van der Waals surface area contributed by atoms with E-state index < -0.39 is 0 Å². The molecule has 23 heavy (non-hydrogen) atoms. The van der Waals surface area contributed by atoms with Crippen LogP contribution in [0.2, 0.25) is 0 Å². The summed E-state index contributed by atoms with van der Waals surface area (Å²) in [5.74, 6) is 0. The van der Waals surface area contributed by atoms with Gasteiger partial charge in [0.1, 0.15) is 5.69 Å². The number of carbonyl (C=O) groups excluding carboxylic acids is 1. The Morgan fingerprint density at radius 2 is 1.61 bits per heavy atom. The van der Waals surface area contributed by atoms with Crippen LogP contribution in [0.5, 0.6) is 0 Å². The van der Waals surface area contributed by atoms with E-state index in [1.54, 1.807) is 4.68 Å². The molecular weight excluding hydrogens is 286 g/mol. The lowest BCUT2D eigenvalue weighted by atomic mass is 10.0. The average Bonchev–Trinajstić information content (AvgIpc) is 2.93. The van der Waals surface area contributed by atoms with Crippen LogP contribution in [0.25, 0.3) is 16.9 Å². The summed E-state index contributed by atoms with van der Waals surface area (Å²) in [6.45, 7) is 8.22. The van der Waals surface area contributed by atoms with E-state index >= 15 is 0 Å². The molecule has 0 N–H and O–H groups in total. The standard InChI is InChI=1S/C19H19N3O/c1-12-7-13(2)9-17(8-12)22-19(18(11-23)20-21-22)16-6-5-14(3)15(4)10-16/h5-11H,1-4H3. The third-order valence-corrected chi connectivity index (χ3v) is 4.04. The largest absolute Gasteiger partial charge is 0.296 e. The number of aryl methyl sites for hydroxylation is 4. The van der Waals surface area contributed by atoms with Crippen LogP contribution in [-0.4, -0.2) is 21.3 Å². The highest BCUT2D eigenvalue weighted by Crippen LogP contribution is 2.27. The summed E-state index contributed by atoms with van der Waals surface area (Å²) >= 11 is 0. The number of hydrogen-bond acceptors (Lipinski definition) is 3. The molecular formula is C19H19N3O. The van der Waals surface area contributed by atoms with Crippen molar-refractivity contribution in [2.75, 3.05) is 0 Å². The van der Waals surface area contributed by atoms with Crippen LogP contribution in [0.4, 0.5) is 0 Å². The molecule has 0 aliphatic carbocycles. The van der Waals surface area contributed by atoms with Crippen LogP contribution in [0, 0.1) is 27.7 Å². The Labute approximate surface area is 135 Å². The zero-order chi connectivity index (χ0) is 16.6. The molecule has 0 atom stereocenters. The van der Waals surface area contributed by atoms with Crippen molar-refractivity contribution in [2.45, 2.75) is 27.7 Å². The van der Waals surface area contributed by atoms with Gasteiger partial charge in [0.25, 0.3) is 0 Å². The first kappa shape index (κ1) is 15.2. The SMILES string of the molecule is Cc1cc(C)cc(-n2nnc(C=O)c2-c2ccc(C)c(C)c2)c1. The van der Waals surface area contributed by atoms with E-state index in [1.807, 2.05) is 32.0 Å². The fourth-order valence-electron chi connectivity index (χ4n) is 2.79. The van der Waals surface area contributed by atoms with Gasteiger partial charge in [-0.05, 0) is 68.1 Å². The van der Waals surface area contributed by atoms with Crippen molar-refractivity contribution in [3.05, 3.63) is 64.3 Å². The molecule has 1 aromatic heterocycles. The number of nitrogens with zero attached hydrogens (tertiary/aromatic N) is 3. The molecule has 0 amide bonds. The molecule has 0 bridgehead atoms. The zero-order valence-corrected chi connectivity index (χ0v) is 13.8. The topological polar surface area (TPSA) is 47.8 Å². The van der Waals surface area contributed by atoms with Crippen LogP contribution in [0.1, 0.15) is 32.7 Å². The van der Waals surface area contributed by atoms with Crippen LogP contribution in [0.3, 0.4) is 0 Å². The van der Waals surface area contributed by atoms with Gasteiger partial charge in [0.2, 0.25) is 0 Å². The van der Waals surface area contributed by atoms with Crippen molar-refractivity contribution in [1.29, 1.82) is 0 Å². The van der Waals surface area contributed by atoms with Gasteiger partial charge < -0.3 is 0 Å². The lowest BCUT2D eigenvalue weighted by molar-refractivity contribution is 0.111. The predicted molar refractivity (Wildman–Crippen MR) is 91.1 cm³/mol. The zero-order valence-electron chi connectivity index (χ0n) is 13.8. The molecule has 4 nitrogen and oxygen atoms in total. The highest BCUT2D eigenvalue weighted by atomic mass is 16.1. The Bertz CT molecular complexity index is 873. The molecule has 3 aromatic rings. The molecule has 0 radical (unpaired) electrons. The number of carbonyl (C=O) groups is 1. The third-order valence-electron chi connectivity index (χ3n) is 4.04. The summed E-state index contributed by atoms with van der Waals surface area (Å²) in [6.07, 6.45) is 0.761. The number of hydrogen-bond donors (Lipinski definition) is 0. The van der Waals surface area contributed by atoms with Gasteiger partial charge in [-0.15, -0.1) is 5.10 Å². The number of aromatic nitrogens is 3. The van der Waals surface area contributed by atoms with E-state index in [9.17, 15) is 4.79 Å². The van der Waals surface area contributed by atoms with Crippen molar-refractivity contribution in [3.63, 3.8) is 0 Å². The summed E-state index contributed by atoms with van der Waals surface area (Å²) in [6, 6.07) is 12.3. The minimum absolute atomic E-state index is 0.354. The van der Waals surface area contributed by atoms with E-state index in [1.165, 1.54) is 11.1 Å². The molecule has 0 saturated heterocycles. The van der Waals surface area contributed by atoms with Gasteiger partial charge in [0.15, 0.2) is 12.0 Å². The van der Waals surface area contributed by atoms with Gasteiger partial charge in [0.05, 0.1) is 5.69 Å². The summed E-state index contributed by atoms with van der Waals surface area (Å²) in [7, 11) is 0. The predicted octanol–water partition coefficient (Wildman–Crippen LogP) is 3.98. The van der Waals surface area contributed by atoms with E-state index in [0.29, 0.717) is 5.69 Å². The van der Waals surface area contributed by atoms with Crippen LogP contribution < -0.4 is 0 Å². The molecule has 3 rings (SSSR count). The second kappa shape index (κ2) is 5.80. The number of rotatable bonds is 3. The molecule has 0 spiro atoms. The Kier molecular flexibility index (Phi) is 3.82. The van der Waals surface area contributed by atoms with Crippen molar-refractivity contribution in [1.82, 2.24) is 15.0 Å². The number of benzene rings is 2. The van der Waals surface area contributed by atoms with Crippen LogP contribution in [0.15, 0.2) is 36.4 Å². The highest BCUT2D eigenvalue weighted by molar-refractivity contribution is 5.84. The van der Waals surface area contributed by atoms with Gasteiger partial charge in [0, 0.05) is 5.56 Å². The minimum atomic E-state index is 0.354. The van der Waals surface area contributed by atoms with E-state index in [0.717, 1.165) is 34.4 Å². The smallest absolute Gasteiger partial charge is 0.172 e. The Balaban J connectivity index is 2.25. The molecule has 1 heterocycles. The van der Waals surface area contributed by atoms with Gasteiger partial charge in [-0.1, -0.05) is 23.4 Å². The highest BCUT2D eigenvalue weighted by Gasteiger charge is 2.16. The first-order valence-corrected chi connectivity index (χ1v) is 7.57. The monoisotopic (exact) mass is 305 g/mol. The van der Waals surface area contributed by atoms with Crippen molar-refractivity contribution in [3.8, 4) is 16.9 Å². The fourth-order valence-corrected chi connectivity index (χ4v) is 2.79. The summed E-state index contributed by atoms with van der Waals surface area (Å²) in [4.78, 5) is 11.4. The fraction of sp³-hybridized carbons (Fsp3) is 0.211. The third kappa shape index (κ3) is 2.80. The molecule has 0 unspecified atom stereocenters. The summed E-state index contributed by atoms with van der Waals surface area (Å²) < 4.78 is 1.74. The molecule has 116 valence electrons. The summed E-state index contributed by atoms with van der Waals surface area (Å²) in [5, 5.41) is 8.25. The molecule has 0 fully saturated rings. The lowest BCUT2D eigenvalue weighted by Crippen LogP contribution is -2.01.